The Morgan fingerprint density at radius 3 is 3.00 bits per heavy atom. The zero-order chi connectivity index (χ0) is 6.27. The number of nitrogens with two attached hydrogens (primary N) is 1. The van der Waals surface area contributed by atoms with E-state index < -0.39 is 0 Å². The van der Waals surface area contributed by atoms with E-state index >= 15 is 0 Å². The van der Waals surface area contributed by atoms with E-state index in [1.165, 1.54) is 0 Å². The first kappa shape index (κ1) is 5.65. The topological polar surface area (TPSA) is 44.5 Å². The molecule has 0 saturated carbocycles. The van der Waals surface area contributed by atoms with E-state index in [4.69, 9.17) is 15.2 Å². The van der Waals surface area contributed by atoms with Crippen LogP contribution in [-0.4, -0.2) is 25.5 Å². The van der Waals surface area contributed by atoms with Crippen molar-refractivity contribution < 1.29 is 9.47 Å². The molecule has 0 radical (unpaired) electrons. The third-order valence-electron chi connectivity index (χ3n) is 2.09. The molecule has 0 amide bonds. The molecule has 9 heavy (non-hydrogen) atoms. The average Bonchev–Trinajstić information content (AvgIpc) is 2.35. The number of hydrogen-bond acceptors (Lipinski definition) is 3. The second-order valence-corrected chi connectivity index (χ2v) is 2.69. The summed E-state index contributed by atoms with van der Waals surface area (Å²) in [6, 6.07) is 0.220. The van der Waals surface area contributed by atoms with Crippen molar-refractivity contribution in [3.63, 3.8) is 0 Å². The van der Waals surface area contributed by atoms with Gasteiger partial charge in [0.2, 0.25) is 0 Å². The number of fused-ring (bicyclic) bond motifs is 1. The molecule has 2 saturated heterocycles. The first-order valence-electron chi connectivity index (χ1n) is 3.37. The molecule has 3 nitrogen and oxygen atoms in total. The highest BCUT2D eigenvalue weighted by atomic mass is 16.7. The lowest BCUT2D eigenvalue weighted by molar-refractivity contribution is -0.0905. The van der Waals surface area contributed by atoms with Gasteiger partial charge < -0.3 is 15.2 Å². The Labute approximate surface area is 54.1 Å². The molecule has 0 bridgehead atoms. The SMILES string of the molecule is N[C@H]1COC2OCCC21. The van der Waals surface area contributed by atoms with Crippen LogP contribution in [-0.2, 0) is 9.47 Å². The van der Waals surface area contributed by atoms with Crippen LogP contribution in [0.4, 0.5) is 0 Å². The highest BCUT2D eigenvalue weighted by Crippen LogP contribution is 2.29. The lowest BCUT2D eigenvalue weighted by atomic mass is 10.0. The van der Waals surface area contributed by atoms with Gasteiger partial charge in [0, 0.05) is 12.0 Å². The zero-order valence-electron chi connectivity index (χ0n) is 5.25. The fourth-order valence-corrected chi connectivity index (χ4v) is 1.50. The molecular weight excluding hydrogens is 118 g/mol. The monoisotopic (exact) mass is 129 g/mol. The van der Waals surface area contributed by atoms with Crippen LogP contribution in [0.2, 0.25) is 0 Å². The van der Waals surface area contributed by atoms with Gasteiger partial charge in [-0.1, -0.05) is 0 Å². The molecular formula is C6H11NO2. The van der Waals surface area contributed by atoms with Gasteiger partial charge in [0.05, 0.1) is 13.2 Å². The minimum Gasteiger partial charge on any atom is -0.352 e. The average molecular weight is 129 g/mol. The summed E-state index contributed by atoms with van der Waals surface area (Å²) < 4.78 is 10.5. The van der Waals surface area contributed by atoms with Gasteiger partial charge in [0.25, 0.3) is 0 Å². The molecule has 0 aliphatic carbocycles. The molecule has 2 heterocycles. The molecule has 3 atom stereocenters. The van der Waals surface area contributed by atoms with Crippen LogP contribution in [0, 0.1) is 5.92 Å². The molecule has 2 N–H and O–H groups in total. The van der Waals surface area contributed by atoms with Crippen molar-refractivity contribution in [2.45, 2.75) is 18.8 Å². The van der Waals surface area contributed by atoms with Gasteiger partial charge in [-0.2, -0.15) is 0 Å². The van der Waals surface area contributed by atoms with E-state index in [-0.39, 0.29) is 12.3 Å². The summed E-state index contributed by atoms with van der Waals surface area (Å²) >= 11 is 0. The smallest absolute Gasteiger partial charge is 0.162 e. The Hall–Kier alpha value is -0.120. The Bertz CT molecular complexity index is 118. The van der Waals surface area contributed by atoms with Crippen molar-refractivity contribution >= 4 is 0 Å². The third-order valence-corrected chi connectivity index (χ3v) is 2.09. The van der Waals surface area contributed by atoms with E-state index in [9.17, 15) is 0 Å². The fraction of sp³-hybridized carbons (Fsp3) is 1.00. The Balaban J connectivity index is 2.07. The van der Waals surface area contributed by atoms with Crippen molar-refractivity contribution in [2.24, 2.45) is 11.7 Å². The maximum Gasteiger partial charge on any atom is 0.162 e. The summed E-state index contributed by atoms with van der Waals surface area (Å²) in [5, 5.41) is 0. The lowest BCUT2D eigenvalue weighted by Gasteiger charge is -2.07. The molecule has 2 rings (SSSR count). The van der Waals surface area contributed by atoms with Crippen LogP contribution in [0.5, 0.6) is 0 Å². The summed E-state index contributed by atoms with van der Waals surface area (Å²) in [5.41, 5.74) is 5.71. The van der Waals surface area contributed by atoms with E-state index in [1.807, 2.05) is 0 Å². The van der Waals surface area contributed by atoms with Gasteiger partial charge in [0.15, 0.2) is 6.29 Å². The van der Waals surface area contributed by atoms with E-state index in [0.29, 0.717) is 12.5 Å². The molecule has 0 spiro atoms. The zero-order valence-corrected chi connectivity index (χ0v) is 5.25. The largest absolute Gasteiger partial charge is 0.352 e. The molecule has 2 aliphatic rings. The number of rotatable bonds is 0. The molecule has 3 heteroatoms. The van der Waals surface area contributed by atoms with Crippen molar-refractivity contribution in [1.82, 2.24) is 0 Å². The van der Waals surface area contributed by atoms with Crippen LogP contribution < -0.4 is 5.73 Å². The Kier molecular flexibility index (Phi) is 1.22. The van der Waals surface area contributed by atoms with Gasteiger partial charge in [-0.15, -0.1) is 0 Å². The molecule has 2 fully saturated rings. The predicted molar refractivity (Wildman–Crippen MR) is 31.8 cm³/mol. The Morgan fingerprint density at radius 2 is 2.22 bits per heavy atom. The summed E-state index contributed by atoms with van der Waals surface area (Å²) in [5.74, 6) is 0.477. The summed E-state index contributed by atoms with van der Waals surface area (Å²) in [4.78, 5) is 0. The van der Waals surface area contributed by atoms with Gasteiger partial charge >= 0.3 is 0 Å². The van der Waals surface area contributed by atoms with Crippen molar-refractivity contribution in [2.75, 3.05) is 13.2 Å². The first-order chi connectivity index (χ1) is 4.38. The highest BCUT2D eigenvalue weighted by Gasteiger charge is 2.39. The minimum absolute atomic E-state index is 0.0278. The van der Waals surface area contributed by atoms with Crippen LogP contribution in [0.1, 0.15) is 6.42 Å². The number of hydrogen-bond donors (Lipinski definition) is 1. The predicted octanol–water partition coefficient (Wildman–Crippen LogP) is -0.294. The molecule has 2 unspecified atom stereocenters. The van der Waals surface area contributed by atoms with Crippen molar-refractivity contribution in [3.8, 4) is 0 Å². The second kappa shape index (κ2) is 1.94. The molecule has 0 aromatic rings. The van der Waals surface area contributed by atoms with Gasteiger partial charge in [-0.3, -0.25) is 0 Å². The van der Waals surface area contributed by atoms with E-state index in [0.717, 1.165) is 13.0 Å². The van der Waals surface area contributed by atoms with Gasteiger partial charge in [-0.05, 0) is 6.42 Å². The first-order valence-corrected chi connectivity index (χ1v) is 3.37. The maximum atomic E-state index is 5.71. The Morgan fingerprint density at radius 1 is 1.33 bits per heavy atom. The highest BCUT2D eigenvalue weighted by molar-refractivity contribution is 4.84. The standard InChI is InChI=1S/C6H11NO2/c7-5-3-9-6-4(5)1-2-8-6/h4-6H,1-3,7H2/t4?,5-,6?/m0/s1. The van der Waals surface area contributed by atoms with Crippen molar-refractivity contribution in [3.05, 3.63) is 0 Å². The van der Waals surface area contributed by atoms with E-state index in [1.54, 1.807) is 0 Å². The third kappa shape index (κ3) is 0.764. The molecule has 2 aliphatic heterocycles. The van der Waals surface area contributed by atoms with Gasteiger partial charge in [-0.25, -0.2) is 0 Å². The number of ether oxygens (including phenoxy) is 2. The molecule has 0 aromatic heterocycles. The maximum absolute atomic E-state index is 5.71. The van der Waals surface area contributed by atoms with Crippen LogP contribution in [0.15, 0.2) is 0 Å². The van der Waals surface area contributed by atoms with Gasteiger partial charge in [0.1, 0.15) is 0 Å². The fourth-order valence-electron chi connectivity index (χ4n) is 1.50. The summed E-state index contributed by atoms with van der Waals surface area (Å²) in [7, 11) is 0. The van der Waals surface area contributed by atoms with Crippen molar-refractivity contribution in [1.29, 1.82) is 0 Å². The normalized spacial score (nSPS) is 49.7. The summed E-state index contributed by atoms with van der Waals surface area (Å²) in [6.45, 7) is 1.50. The van der Waals surface area contributed by atoms with Crippen LogP contribution >= 0.6 is 0 Å². The molecule has 0 aromatic carbocycles. The van der Waals surface area contributed by atoms with Crippen LogP contribution in [0.3, 0.4) is 0 Å². The summed E-state index contributed by atoms with van der Waals surface area (Å²) in [6.07, 6.45) is 1.10. The molecule has 52 valence electrons. The lowest BCUT2D eigenvalue weighted by Crippen LogP contribution is -2.28. The van der Waals surface area contributed by atoms with E-state index in [2.05, 4.69) is 0 Å². The van der Waals surface area contributed by atoms with Crippen LogP contribution in [0.25, 0.3) is 0 Å². The quantitative estimate of drug-likeness (QED) is 0.488. The second-order valence-electron chi connectivity index (χ2n) is 2.69. The minimum atomic E-state index is 0.0278.